The molecule has 112 valence electrons. The first-order valence-corrected chi connectivity index (χ1v) is 6.90. The highest BCUT2D eigenvalue weighted by Gasteiger charge is 2.51. The van der Waals surface area contributed by atoms with Gasteiger partial charge in [0.05, 0.1) is 5.92 Å². The molecule has 0 saturated heterocycles. The Balaban J connectivity index is 3.35. The van der Waals surface area contributed by atoms with Gasteiger partial charge in [0.2, 0.25) is 0 Å². The van der Waals surface area contributed by atoms with Crippen molar-refractivity contribution in [2.24, 2.45) is 22.6 Å². The second-order valence-corrected chi connectivity index (χ2v) is 7.43. The fourth-order valence-corrected chi connectivity index (χ4v) is 2.44. The van der Waals surface area contributed by atoms with Gasteiger partial charge in [-0.3, -0.25) is 15.4 Å². The second kappa shape index (κ2) is 5.26. The van der Waals surface area contributed by atoms with E-state index in [1.165, 1.54) is 0 Å². The number of carbonyl (C=O) groups excluding carboxylic acids is 2. The predicted octanol–water partition coefficient (Wildman–Crippen LogP) is 2.16. The molecule has 0 fully saturated rings. The van der Waals surface area contributed by atoms with Crippen molar-refractivity contribution >= 4 is 11.6 Å². The van der Waals surface area contributed by atoms with Gasteiger partial charge < -0.3 is 0 Å². The largest absolute Gasteiger partial charge is 0.298 e. The average molecular weight is 278 g/mol. The van der Waals surface area contributed by atoms with Gasteiger partial charge >= 0.3 is 0 Å². The second-order valence-electron chi connectivity index (χ2n) is 7.43. The van der Waals surface area contributed by atoms with E-state index in [1.54, 1.807) is 24.3 Å². The number of rotatable bonds is 3. The summed E-state index contributed by atoms with van der Waals surface area (Å²) in [4.78, 5) is 25.5. The molecule has 2 atom stereocenters. The maximum Gasteiger partial charge on any atom is 0.164 e. The summed E-state index contributed by atoms with van der Waals surface area (Å²) in [5, 5.41) is 0. The third-order valence-corrected chi connectivity index (χ3v) is 3.58. The number of hydrogen-bond acceptors (Lipinski definition) is 4. The fourth-order valence-electron chi connectivity index (χ4n) is 2.44. The van der Waals surface area contributed by atoms with Gasteiger partial charge in [0.15, 0.2) is 5.78 Å². The number of hydrogen-bond donors (Lipinski definition) is 2. The van der Waals surface area contributed by atoms with Crippen LogP contribution in [0.1, 0.15) is 41.5 Å². The summed E-state index contributed by atoms with van der Waals surface area (Å²) >= 11 is 0. The van der Waals surface area contributed by atoms with Crippen LogP contribution in [0.3, 0.4) is 0 Å². The fraction of sp³-hybridized carbons (Fsp3) is 0.625. The minimum atomic E-state index is -1.17. The Labute approximate surface area is 121 Å². The normalized spacial score (nSPS) is 26.6. The number of nitrogens with two attached hydrogens (primary N) is 1. The van der Waals surface area contributed by atoms with Crippen LogP contribution in [0.4, 0.5) is 0 Å². The zero-order chi connectivity index (χ0) is 15.8. The van der Waals surface area contributed by atoms with E-state index in [0.717, 1.165) is 0 Å². The number of nitrogens with one attached hydrogen (secondary N) is 1. The van der Waals surface area contributed by atoms with Gasteiger partial charge in [0.1, 0.15) is 11.3 Å². The highest BCUT2D eigenvalue weighted by molar-refractivity contribution is 6.02. The van der Waals surface area contributed by atoms with E-state index in [1.807, 2.05) is 41.5 Å². The molecular formula is C16H26N2O2. The Kier molecular flexibility index (Phi) is 4.42. The van der Waals surface area contributed by atoms with Crippen LogP contribution in [0.25, 0.3) is 0 Å². The Morgan fingerprint density at radius 3 is 2.00 bits per heavy atom. The third kappa shape index (κ3) is 2.91. The summed E-state index contributed by atoms with van der Waals surface area (Å²) < 4.78 is 0. The van der Waals surface area contributed by atoms with Gasteiger partial charge in [0.25, 0.3) is 0 Å². The van der Waals surface area contributed by atoms with Crippen molar-refractivity contribution in [3.8, 4) is 0 Å². The molecule has 0 aromatic rings. The lowest BCUT2D eigenvalue weighted by Gasteiger charge is -2.41. The van der Waals surface area contributed by atoms with Crippen LogP contribution < -0.4 is 11.3 Å². The molecule has 4 nitrogen and oxygen atoms in total. The van der Waals surface area contributed by atoms with E-state index < -0.39 is 22.3 Å². The smallest absolute Gasteiger partial charge is 0.164 e. The molecule has 0 heterocycles. The summed E-state index contributed by atoms with van der Waals surface area (Å²) in [6.07, 6.45) is 7.02. The van der Waals surface area contributed by atoms with E-state index in [2.05, 4.69) is 5.43 Å². The number of allylic oxidation sites excluding steroid dienone is 2. The minimum Gasteiger partial charge on any atom is -0.298 e. The maximum absolute atomic E-state index is 12.8. The van der Waals surface area contributed by atoms with Gasteiger partial charge in [-0.05, 0) is 0 Å². The van der Waals surface area contributed by atoms with Gasteiger partial charge in [-0.15, -0.1) is 0 Å². The Hall–Kier alpha value is -1.26. The Morgan fingerprint density at radius 2 is 1.60 bits per heavy atom. The Morgan fingerprint density at radius 1 is 1.05 bits per heavy atom. The lowest BCUT2D eigenvalue weighted by molar-refractivity contribution is -0.140. The highest BCUT2D eigenvalue weighted by Crippen LogP contribution is 2.36. The van der Waals surface area contributed by atoms with E-state index >= 15 is 0 Å². The van der Waals surface area contributed by atoms with Crippen molar-refractivity contribution < 1.29 is 9.59 Å². The molecule has 0 aromatic carbocycles. The topological polar surface area (TPSA) is 72.2 Å². The van der Waals surface area contributed by atoms with Crippen LogP contribution >= 0.6 is 0 Å². The van der Waals surface area contributed by atoms with Crippen molar-refractivity contribution in [1.82, 2.24) is 5.43 Å². The van der Waals surface area contributed by atoms with E-state index in [0.29, 0.717) is 0 Å². The first-order valence-electron chi connectivity index (χ1n) is 6.90. The number of hydrazine groups is 1. The van der Waals surface area contributed by atoms with Crippen molar-refractivity contribution in [3.63, 3.8) is 0 Å². The quantitative estimate of drug-likeness (QED) is 0.613. The molecule has 0 aliphatic heterocycles. The molecule has 0 spiro atoms. The molecule has 1 rings (SSSR count). The number of ketones is 2. The molecule has 20 heavy (non-hydrogen) atoms. The van der Waals surface area contributed by atoms with E-state index in [4.69, 9.17) is 5.84 Å². The van der Waals surface area contributed by atoms with Crippen molar-refractivity contribution in [2.45, 2.75) is 47.1 Å². The molecule has 0 aromatic heterocycles. The van der Waals surface area contributed by atoms with Gasteiger partial charge in [-0.2, -0.15) is 0 Å². The Bertz CT molecular complexity index is 464. The third-order valence-electron chi connectivity index (χ3n) is 3.58. The number of Topliss-reactive ketones (excluding diaryl/α,β-unsaturated/α-hetero) is 2. The summed E-state index contributed by atoms with van der Waals surface area (Å²) in [5.41, 5.74) is 0.309. The van der Waals surface area contributed by atoms with E-state index in [9.17, 15) is 9.59 Å². The maximum atomic E-state index is 12.8. The molecule has 0 amide bonds. The highest BCUT2D eigenvalue weighted by atomic mass is 16.1. The van der Waals surface area contributed by atoms with Crippen LogP contribution in [0.15, 0.2) is 24.3 Å². The molecular weight excluding hydrogens is 252 g/mol. The van der Waals surface area contributed by atoms with Crippen molar-refractivity contribution in [2.75, 3.05) is 0 Å². The molecule has 1 aliphatic carbocycles. The zero-order valence-corrected chi connectivity index (χ0v) is 13.3. The van der Waals surface area contributed by atoms with E-state index in [-0.39, 0.29) is 11.6 Å². The summed E-state index contributed by atoms with van der Waals surface area (Å²) in [6.45, 7) is 11.1. The predicted molar refractivity (Wildman–Crippen MR) is 80.7 cm³/mol. The van der Waals surface area contributed by atoms with Crippen LogP contribution in [-0.2, 0) is 9.59 Å². The standard InChI is InChI=1S/C16H26N2O2/c1-14(2,3)12(19)11-9-7-8-10-16(11,18-17)13(20)15(4,5)6/h7-11,18H,17H2,1-6H3. The number of carbonyl (C=O) groups is 2. The first kappa shape index (κ1) is 16.8. The molecule has 2 unspecified atom stereocenters. The van der Waals surface area contributed by atoms with Crippen LogP contribution in [-0.4, -0.2) is 17.1 Å². The summed E-state index contributed by atoms with van der Waals surface area (Å²) in [7, 11) is 0. The van der Waals surface area contributed by atoms with Gasteiger partial charge in [0, 0.05) is 10.8 Å². The summed E-state index contributed by atoms with van der Waals surface area (Å²) in [5.74, 6) is 5.01. The molecule has 0 bridgehead atoms. The zero-order valence-electron chi connectivity index (χ0n) is 13.3. The first-order chi connectivity index (χ1) is 8.97. The van der Waals surface area contributed by atoms with Crippen molar-refractivity contribution in [1.29, 1.82) is 0 Å². The van der Waals surface area contributed by atoms with Crippen LogP contribution in [0.5, 0.6) is 0 Å². The lowest BCUT2D eigenvalue weighted by atomic mass is 9.65. The summed E-state index contributed by atoms with van der Waals surface area (Å²) in [6, 6.07) is 0. The minimum absolute atomic E-state index is 0.00588. The SMILES string of the molecule is CC(C)(C)C(=O)C1C=CC=CC1(NN)C(=O)C(C)(C)C. The van der Waals surface area contributed by atoms with Gasteiger partial charge in [-0.1, -0.05) is 65.8 Å². The average Bonchev–Trinajstić information content (AvgIpc) is 2.34. The van der Waals surface area contributed by atoms with Crippen molar-refractivity contribution in [3.05, 3.63) is 24.3 Å². The van der Waals surface area contributed by atoms with Gasteiger partial charge in [-0.25, -0.2) is 5.43 Å². The molecule has 4 heteroatoms. The van der Waals surface area contributed by atoms with Crippen LogP contribution in [0.2, 0.25) is 0 Å². The monoisotopic (exact) mass is 278 g/mol. The molecule has 3 N–H and O–H groups in total. The molecule has 0 saturated carbocycles. The molecule has 0 radical (unpaired) electrons. The van der Waals surface area contributed by atoms with Crippen LogP contribution in [0, 0.1) is 16.7 Å². The lowest BCUT2D eigenvalue weighted by Crippen LogP contribution is -2.64. The molecule has 1 aliphatic rings.